The Morgan fingerprint density at radius 1 is 1.00 bits per heavy atom. The Balaban J connectivity index is 1.25. The zero-order chi connectivity index (χ0) is 22.1. The van der Waals surface area contributed by atoms with Crippen LogP contribution in [0, 0.1) is 6.92 Å². The Labute approximate surface area is 190 Å². The van der Waals surface area contributed by atoms with E-state index in [9.17, 15) is 8.42 Å². The molecule has 0 aliphatic carbocycles. The van der Waals surface area contributed by atoms with E-state index in [-0.39, 0.29) is 6.04 Å². The summed E-state index contributed by atoms with van der Waals surface area (Å²) in [6.45, 7) is 6.93. The first-order valence-electron chi connectivity index (χ1n) is 11.5. The summed E-state index contributed by atoms with van der Waals surface area (Å²) in [4.78, 5) is 13.3. The first-order valence-corrected chi connectivity index (χ1v) is 13.0. The molecule has 0 radical (unpaired) electrons. The molecule has 170 valence electrons. The van der Waals surface area contributed by atoms with Crippen LogP contribution in [0.2, 0.25) is 0 Å². The number of nitrogens with one attached hydrogen (secondary N) is 1. The van der Waals surface area contributed by atoms with Gasteiger partial charge < -0.3 is 9.88 Å². The van der Waals surface area contributed by atoms with Gasteiger partial charge >= 0.3 is 0 Å². The third-order valence-corrected chi connectivity index (χ3v) is 8.63. The van der Waals surface area contributed by atoms with E-state index in [1.165, 1.54) is 0 Å². The first kappa shape index (κ1) is 21.4. The molecule has 8 heteroatoms. The van der Waals surface area contributed by atoms with Gasteiger partial charge in [0, 0.05) is 45.3 Å². The van der Waals surface area contributed by atoms with Crippen LogP contribution < -0.4 is 4.90 Å². The molecule has 1 unspecified atom stereocenters. The van der Waals surface area contributed by atoms with Gasteiger partial charge in [-0.3, -0.25) is 4.90 Å². The number of H-pyrrole nitrogens is 1. The molecule has 0 saturated carbocycles. The maximum absolute atomic E-state index is 13.4. The number of aromatic amines is 1. The fourth-order valence-corrected chi connectivity index (χ4v) is 6.70. The fraction of sp³-hybridized carbons (Fsp3) is 0.458. The fourth-order valence-electron chi connectivity index (χ4n) is 4.91. The van der Waals surface area contributed by atoms with Crippen molar-refractivity contribution in [2.75, 3.05) is 44.2 Å². The van der Waals surface area contributed by atoms with Gasteiger partial charge in [-0.25, -0.2) is 13.4 Å². The van der Waals surface area contributed by atoms with Gasteiger partial charge in [0.05, 0.1) is 15.9 Å². The van der Waals surface area contributed by atoms with Crippen LogP contribution in [0.3, 0.4) is 0 Å². The monoisotopic (exact) mass is 453 g/mol. The van der Waals surface area contributed by atoms with Crippen LogP contribution in [0.5, 0.6) is 0 Å². The van der Waals surface area contributed by atoms with Crippen molar-refractivity contribution >= 4 is 27.0 Å². The van der Waals surface area contributed by atoms with Gasteiger partial charge in [-0.2, -0.15) is 4.31 Å². The number of sulfonamides is 1. The van der Waals surface area contributed by atoms with Crippen molar-refractivity contribution in [3.8, 4) is 0 Å². The number of para-hydroxylation sites is 2. The molecule has 5 rings (SSSR count). The highest BCUT2D eigenvalue weighted by molar-refractivity contribution is 7.89. The molecule has 1 aromatic heterocycles. The zero-order valence-electron chi connectivity index (χ0n) is 18.6. The summed E-state index contributed by atoms with van der Waals surface area (Å²) >= 11 is 0. The van der Waals surface area contributed by atoms with Crippen molar-refractivity contribution < 1.29 is 8.42 Å². The van der Waals surface area contributed by atoms with Gasteiger partial charge in [-0.1, -0.05) is 30.7 Å². The van der Waals surface area contributed by atoms with E-state index in [0.29, 0.717) is 11.4 Å². The molecular formula is C24H31N5O2S. The molecule has 2 fully saturated rings. The van der Waals surface area contributed by atoms with Crippen LogP contribution in [-0.2, 0) is 10.0 Å². The molecular weight excluding hydrogens is 422 g/mol. The second-order valence-corrected chi connectivity index (χ2v) is 10.8. The van der Waals surface area contributed by atoms with Crippen LogP contribution in [-0.4, -0.2) is 72.9 Å². The molecule has 3 aromatic rings. The van der Waals surface area contributed by atoms with Crippen molar-refractivity contribution in [3.05, 3.63) is 54.1 Å². The number of piperazine rings is 1. The van der Waals surface area contributed by atoms with Gasteiger partial charge in [0.2, 0.25) is 16.0 Å². The molecule has 32 heavy (non-hydrogen) atoms. The molecule has 1 atom stereocenters. The maximum atomic E-state index is 13.4. The van der Waals surface area contributed by atoms with E-state index in [2.05, 4.69) is 20.9 Å². The topological polar surface area (TPSA) is 72.5 Å². The van der Waals surface area contributed by atoms with Gasteiger partial charge in [0.15, 0.2) is 0 Å². The Hall–Kier alpha value is -2.42. The molecule has 2 aliphatic heterocycles. The van der Waals surface area contributed by atoms with Crippen LogP contribution in [0.4, 0.5) is 5.95 Å². The molecule has 0 bridgehead atoms. The predicted molar refractivity (Wildman–Crippen MR) is 127 cm³/mol. The summed E-state index contributed by atoms with van der Waals surface area (Å²) in [5.74, 6) is 0.923. The highest BCUT2D eigenvalue weighted by Crippen LogP contribution is 2.27. The highest BCUT2D eigenvalue weighted by atomic mass is 32.2. The molecule has 3 heterocycles. The summed E-state index contributed by atoms with van der Waals surface area (Å²) < 4.78 is 28.6. The lowest BCUT2D eigenvalue weighted by atomic mass is 10.0. The lowest BCUT2D eigenvalue weighted by Gasteiger charge is -2.40. The van der Waals surface area contributed by atoms with Crippen LogP contribution >= 0.6 is 0 Å². The predicted octanol–water partition coefficient (Wildman–Crippen LogP) is 3.24. The van der Waals surface area contributed by atoms with Crippen LogP contribution in [0.1, 0.15) is 24.8 Å². The van der Waals surface area contributed by atoms with E-state index < -0.39 is 10.0 Å². The van der Waals surface area contributed by atoms with Crippen LogP contribution in [0.25, 0.3) is 11.0 Å². The number of aryl methyl sites for hydroxylation is 1. The van der Waals surface area contributed by atoms with Gasteiger partial charge in [0.1, 0.15) is 0 Å². The summed E-state index contributed by atoms with van der Waals surface area (Å²) in [7, 11) is -3.47. The van der Waals surface area contributed by atoms with Gasteiger partial charge in [-0.15, -0.1) is 0 Å². The minimum Gasteiger partial charge on any atom is -0.340 e. The van der Waals surface area contributed by atoms with E-state index in [1.807, 2.05) is 37.3 Å². The minimum absolute atomic E-state index is 0.0343. The van der Waals surface area contributed by atoms with Crippen molar-refractivity contribution in [2.24, 2.45) is 0 Å². The van der Waals surface area contributed by atoms with E-state index in [4.69, 9.17) is 4.98 Å². The van der Waals surface area contributed by atoms with Gasteiger partial charge in [-0.05, 0) is 49.6 Å². The molecule has 2 aromatic carbocycles. The van der Waals surface area contributed by atoms with E-state index >= 15 is 0 Å². The number of piperidine rings is 1. The smallest absolute Gasteiger partial charge is 0.243 e. The summed E-state index contributed by atoms with van der Waals surface area (Å²) in [5.41, 5.74) is 3.02. The zero-order valence-corrected chi connectivity index (χ0v) is 19.4. The minimum atomic E-state index is -3.47. The normalized spacial score (nSPS) is 21.3. The number of imidazole rings is 1. The second kappa shape index (κ2) is 8.84. The molecule has 7 nitrogen and oxygen atoms in total. The molecule has 0 spiro atoms. The van der Waals surface area contributed by atoms with E-state index in [0.717, 1.165) is 74.5 Å². The third-order valence-electron chi connectivity index (χ3n) is 6.69. The quantitative estimate of drug-likeness (QED) is 0.642. The maximum Gasteiger partial charge on any atom is 0.243 e. The number of anilines is 1. The molecule has 1 N–H and O–H groups in total. The van der Waals surface area contributed by atoms with Crippen LogP contribution in [0.15, 0.2) is 53.4 Å². The summed E-state index contributed by atoms with van der Waals surface area (Å²) in [6, 6.07) is 15.4. The standard InChI is InChI=1S/C24H31N5O2S/c1-19-7-6-9-21(17-19)32(30,31)29-12-5-4-8-20(29)18-27-13-15-28(16-14-27)24-25-22-10-2-3-11-23(22)26-24/h2-3,6-7,9-11,17,20H,4-5,8,12-16,18H2,1H3,(H,25,26). The third kappa shape index (κ3) is 4.27. The molecule has 2 aliphatic rings. The largest absolute Gasteiger partial charge is 0.340 e. The van der Waals surface area contributed by atoms with Crippen molar-refractivity contribution in [1.29, 1.82) is 0 Å². The number of hydrogen-bond acceptors (Lipinski definition) is 5. The highest BCUT2D eigenvalue weighted by Gasteiger charge is 2.35. The number of aromatic nitrogens is 2. The number of rotatable bonds is 5. The molecule has 0 amide bonds. The number of fused-ring (bicyclic) bond motifs is 1. The average molecular weight is 454 g/mol. The Morgan fingerprint density at radius 3 is 2.59 bits per heavy atom. The van der Waals surface area contributed by atoms with Gasteiger partial charge in [0.25, 0.3) is 0 Å². The summed E-state index contributed by atoms with van der Waals surface area (Å²) in [6.07, 6.45) is 2.94. The van der Waals surface area contributed by atoms with Crippen molar-refractivity contribution in [1.82, 2.24) is 19.2 Å². The Bertz CT molecular complexity index is 1150. The Morgan fingerprint density at radius 2 is 1.81 bits per heavy atom. The number of hydrogen-bond donors (Lipinski definition) is 1. The number of benzene rings is 2. The van der Waals surface area contributed by atoms with Crippen molar-refractivity contribution in [2.45, 2.75) is 37.1 Å². The lowest BCUT2D eigenvalue weighted by molar-refractivity contribution is 0.162. The Kier molecular flexibility index (Phi) is 5.92. The molecule has 2 saturated heterocycles. The SMILES string of the molecule is Cc1cccc(S(=O)(=O)N2CCCCC2CN2CCN(c3nc4ccccc4[nH]3)CC2)c1. The summed E-state index contributed by atoms with van der Waals surface area (Å²) in [5, 5.41) is 0. The second-order valence-electron chi connectivity index (χ2n) is 8.95. The number of nitrogens with zero attached hydrogens (tertiary/aromatic N) is 4. The first-order chi connectivity index (χ1) is 15.5. The van der Waals surface area contributed by atoms with Crippen molar-refractivity contribution in [3.63, 3.8) is 0 Å². The average Bonchev–Trinajstić information content (AvgIpc) is 3.24. The lowest BCUT2D eigenvalue weighted by Crippen LogP contribution is -2.54. The van der Waals surface area contributed by atoms with E-state index in [1.54, 1.807) is 16.4 Å².